The lowest BCUT2D eigenvalue weighted by molar-refractivity contribution is -0.128. The molecule has 2 amide bonds. The van der Waals surface area contributed by atoms with E-state index in [1.807, 2.05) is 24.3 Å². The van der Waals surface area contributed by atoms with Gasteiger partial charge in [0, 0.05) is 38.7 Å². The third-order valence-corrected chi connectivity index (χ3v) is 3.76. The predicted octanol–water partition coefficient (Wildman–Crippen LogP) is 1.75. The number of rotatable bonds is 5. The molecule has 5 heteroatoms. The van der Waals surface area contributed by atoms with Crippen LogP contribution in [-0.4, -0.2) is 36.3 Å². The minimum Gasteiger partial charge on any atom is -0.342 e. The highest BCUT2D eigenvalue weighted by Gasteiger charge is 2.17. The second-order valence-corrected chi connectivity index (χ2v) is 5.62. The van der Waals surface area contributed by atoms with E-state index in [1.165, 1.54) is 0 Å². The van der Waals surface area contributed by atoms with Crippen LogP contribution in [-0.2, 0) is 16.1 Å². The number of amides is 2. The van der Waals surface area contributed by atoms with Crippen molar-refractivity contribution >= 4 is 17.5 Å². The molecule has 1 aliphatic rings. The Morgan fingerprint density at radius 2 is 2.24 bits per heavy atom. The van der Waals surface area contributed by atoms with Crippen LogP contribution in [0.2, 0.25) is 0 Å². The first-order valence-corrected chi connectivity index (χ1v) is 7.38. The Morgan fingerprint density at radius 3 is 2.90 bits per heavy atom. The SMILES string of the molecule is CC(=O)N(C)Cc1cccc(NC(=O)CC2CCCN2)c1. The van der Waals surface area contributed by atoms with Crippen LogP contribution in [0, 0.1) is 0 Å². The lowest BCUT2D eigenvalue weighted by Gasteiger charge is -2.16. The molecule has 1 saturated heterocycles. The number of hydrogen-bond acceptors (Lipinski definition) is 3. The number of benzene rings is 1. The van der Waals surface area contributed by atoms with Gasteiger partial charge >= 0.3 is 0 Å². The van der Waals surface area contributed by atoms with Gasteiger partial charge in [0.2, 0.25) is 11.8 Å². The average molecular weight is 289 g/mol. The summed E-state index contributed by atoms with van der Waals surface area (Å²) in [5.41, 5.74) is 1.79. The number of anilines is 1. The maximum Gasteiger partial charge on any atom is 0.225 e. The summed E-state index contributed by atoms with van der Waals surface area (Å²) in [4.78, 5) is 24.9. The predicted molar refractivity (Wildman–Crippen MR) is 82.9 cm³/mol. The van der Waals surface area contributed by atoms with Gasteiger partial charge in [0.25, 0.3) is 0 Å². The summed E-state index contributed by atoms with van der Waals surface area (Å²) in [6, 6.07) is 7.94. The lowest BCUT2D eigenvalue weighted by atomic mass is 10.1. The van der Waals surface area contributed by atoms with Crippen LogP contribution < -0.4 is 10.6 Å². The van der Waals surface area contributed by atoms with Crippen molar-refractivity contribution in [3.8, 4) is 0 Å². The van der Waals surface area contributed by atoms with E-state index in [1.54, 1.807) is 18.9 Å². The van der Waals surface area contributed by atoms with Crippen molar-refractivity contribution in [2.45, 2.75) is 38.8 Å². The quantitative estimate of drug-likeness (QED) is 0.868. The monoisotopic (exact) mass is 289 g/mol. The summed E-state index contributed by atoms with van der Waals surface area (Å²) in [7, 11) is 1.76. The smallest absolute Gasteiger partial charge is 0.225 e. The standard InChI is InChI=1S/C16H23N3O2/c1-12(20)19(2)11-13-5-3-6-15(9-13)18-16(21)10-14-7-4-8-17-14/h3,5-6,9,14,17H,4,7-8,10-11H2,1-2H3,(H,18,21). The molecule has 1 unspecified atom stereocenters. The molecule has 0 saturated carbocycles. The zero-order valence-corrected chi connectivity index (χ0v) is 12.7. The van der Waals surface area contributed by atoms with Gasteiger partial charge in [-0.2, -0.15) is 0 Å². The van der Waals surface area contributed by atoms with E-state index >= 15 is 0 Å². The van der Waals surface area contributed by atoms with Gasteiger partial charge in [0.1, 0.15) is 0 Å². The largest absolute Gasteiger partial charge is 0.342 e. The van der Waals surface area contributed by atoms with Crippen LogP contribution >= 0.6 is 0 Å². The Balaban J connectivity index is 1.90. The number of nitrogens with one attached hydrogen (secondary N) is 2. The van der Waals surface area contributed by atoms with E-state index in [0.29, 0.717) is 19.0 Å². The van der Waals surface area contributed by atoms with E-state index in [9.17, 15) is 9.59 Å². The first-order chi connectivity index (χ1) is 10.0. The summed E-state index contributed by atoms with van der Waals surface area (Å²) < 4.78 is 0. The van der Waals surface area contributed by atoms with Crippen molar-refractivity contribution in [2.75, 3.05) is 18.9 Å². The molecule has 0 bridgehead atoms. The van der Waals surface area contributed by atoms with Crippen LogP contribution in [0.1, 0.15) is 31.7 Å². The zero-order chi connectivity index (χ0) is 15.2. The summed E-state index contributed by atoms with van der Waals surface area (Å²) in [6.07, 6.45) is 2.72. The molecule has 1 atom stereocenters. The molecule has 5 nitrogen and oxygen atoms in total. The molecule has 0 spiro atoms. The molecule has 114 valence electrons. The van der Waals surface area contributed by atoms with Crippen molar-refractivity contribution in [3.63, 3.8) is 0 Å². The Hall–Kier alpha value is -1.88. The van der Waals surface area contributed by atoms with Gasteiger partial charge in [-0.05, 0) is 37.1 Å². The Bertz CT molecular complexity index is 510. The second-order valence-electron chi connectivity index (χ2n) is 5.62. The van der Waals surface area contributed by atoms with E-state index in [0.717, 1.165) is 30.6 Å². The van der Waals surface area contributed by atoms with Crippen molar-refractivity contribution < 1.29 is 9.59 Å². The highest BCUT2D eigenvalue weighted by Crippen LogP contribution is 2.14. The normalized spacial score (nSPS) is 17.5. The first-order valence-electron chi connectivity index (χ1n) is 7.38. The molecule has 0 aromatic heterocycles. The molecular weight excluding hydrogens is 266 g/mol. The van der Waals surface area contributed by atoms with E-state index < -0.39 is 0 Å². The summed E-state index contributed by atoms with van der Waals surface area (Å²) in [5.74, 6) is 0.0585. The van der Waals surface area contributed by atoms with Gasteiger partial charge in [0.15, 0.2) is 0 Å². The Morgan fingerprint density at radius 1 is 1.43 bits per heavy atom. The molecule has 2 N–H and O–H groups in total. The summed E-state index contributed by atoms with van der Waals surface area (Å²) in [5, 5.41) is 6.25. The van der Waals surface area contributed by atoms with E-state index in [4.69, 9.17) is 0 Å². The zero-order valence-electron chi connectivity index (χ0n) is 12.7. The van der Waals surface area contributed by atoms with Gasteiger partial charge in [-0.15, -0.1) is 0 Å². The summed E-state index contributed by atoms with van der Waals surface area (Å²) >= 11 is 0. The molecule has 1 aromatic rings. The van der Waals surface area contributed by atoms with Crippen molar-refractivity contribution in [1.82, 2.24) is 10.2 Å². The maximum absolute atomic E-state index is 12.0. The highest BCUT2D eigenvalue weighted by atomic mass is 16.2. The second kappa shape index (κ2) is 7.22. The number of hydrogen-bond donors (Lipinski definition) is 2. The first kappa shape index (κ1) is 15.5. The molecule has 2 rings (SSSR count). The van der Waals surface area contributed by atoms with Crippen LogP contribution in [0.5, 0.6) is 0 Å². The maximum atomic E-state index is 12.0. The highest BCUT2D eigenvalue weighted by molar-refractivity contribution is 5.91. The number of nitrogens with zero attached hydrogens (tertiary/aromatic N) is 1. The Labute approximate surface area is 125 Å². The van der Waals surface area contributed by atoms with Crippen molar-refractivity contribution in [2.24, 2.45) is 0 Å². The van der Waals surface area contributed by atoms with Crippen molar-refractivity contribution in [3.05, 3.63) is 29.8 Å². The molecule has 1 aliphatic heterocycles. The molecule has 1 heterocycles. The third kappa shape index (κ3) is 4.86. The van der Waals surface area contributed by atoms with Gasteiger partial charge < -0.3 is 15.5 Å². The van der Waals surface area contributed by atoms with Crippen LogP contribution in [0.15, 0.2) is 24.3 Å². The molecule has 1 aromatic carbocycles. The van der Waals surface area contributed by atoms with Gasteiger partial charge in [-0.1, -0.05) is 12.1 Å². The number of carbonyl (C=O) groups excluding carboxylic acids is 2. The Kier molecular flexibility index (Phi) is 5.33. The lowest BCUT2D eigenvalue weighted by Crippen LogP contribution is -2.27. The third-order valence-electron chi connectivity index (χ3n) is 3.76. The fourth-order valence-corrected chi connectivity index (χ4v) is 2.50. The number of carbonyl (C=O) groups is 2. The summed E-state index contributed by atoms with van der Waals surface area (Å²) in [6.45, 7) is 3.09. The minimum absolute atomic E-state index is 0.0248. The van der Waals surface area contributed by atoms with Crippen LogP contribution in [0.4, 0.5) is 5.69 Å². The molecule has 0 aliphatic carbocycles. The molecule has 0 radical (unpaired) electrons. The van der Waals surface area contributed by atoms with Gasteiger partial charge in [0.05, 0.1) is 0 Å². The minimum atomic E-state index is 0.0248. The van der Waals surface area contributed by atoms with E-state index in [2.05, 4.69) is 10.6 Å². The fraction of sp³-hybridized carbons (Fsp3) is 0.500. The van der Waals surface area contributed by atoms with Crippen LogP contribution in [0.3, 0.4) is 0 Å². The van der Waals surface area contributed by atoms with Crippen molar-refractivity contribution in [1.29, 1.82) is 0 Å². The van der Waals surface area contributed by atoms with Gasteiger partial charge in [-0.25, -0.2) is 0 Å². The molecule has 21 heavy (non-hydrogen) atoms. The van der Waals surface area contributed by atoms with E-state index in [-0.39, 0.29) is 11.8 Å². The van der Waals surface area contributed by atoms with Gasteiger partial charge in [-0.3, -0.25) is 9.59 Å². The molecule has 1 fully saturated rings. The van der Waals surface area contributed by atoms with Crippen LogP contribution in [0.25, 0.3) is 0 Å². The molecular formula is C16H23N3O2. The fourth-order valence-electron chi connectivity index (χ4n) is 2.50. The average Bonchev–Trinajstić information content (AvgIpc) is 2.91. The topological polar surface area (TPSA) is 61.4 Å².